The van der Waals surface area contributed by atoms with Crippen molar-refractivity contribution in [2.45, 2.75) is 18.9 Å². The van der Waals surface area contributed by atoms with Crippen molar-refractivity contribution in [1.29, 1.82) is 0 Å². The van der Waals surface area contributed by atoms with Gasteiger partial charge in [0.15, 0.2) is 0 Å². The van der Waals surface area contributed by atoms with E-state index >= 15 is 0 Å². The second kappa shape index (κ2) is 4.93. The van der Waals surface area contributed by atoms with E-state index in [0.29, 0.717) is 5.69 Å². The van der Waals surface area contributed by atoms with Crippen LogP contribution in [-0.2, 0) is 12.8 Å². The molecule has 0 heterocycles. The van der Waals surface area contributed by atoms with Crippen LogP contribution < -0.4 is 5.32 Å². The summed E-state index contributed by atoms with van der Waals surface area (Å²) in [7, 11) is 0. The molecule has 0 saturated heterocycles. The van der Waals surface area contributed by atoms with Gasteiger partial charge in [0.25, 0.3) is 0 Å². The van der Waals surface area contributed by atoms with Crippen LogP contribution in [0.25, 0.3) is 0 Å². The molecule has 0 atom stereocenters. The third-order valence-electron chi connectivity index (χ3n) is 3.42. The number of hydrogen-bond acceptors (Lipinski definition) is 1. The number of benzene rings is 2. The summed E-state index contributed by atoms with van der Waals surface area (Å²) in [6.45, 7) is 0. The number of anilines is 1. The minimum Gasteiger partial charge on any atom is -0.379 e. The van der Waals surface area contributed by atoms with E-state index in [9.17, 15) is 8.78 Å². The number of nitrogens with one attached hydrogen (secondary N) is 1. The summed E-state index contributed by atoms with van der Waals surface area (Å²) in [4.78, 5) is 0. The molecule has 3 rings (SSSR count). The second-order valence-electron chi connectivity index (χ2n) is 4.76. The van der Waals surface area contributed by atoms with E-state index in [1.54, 1.807) is 0 Å². The van der Waals surface area contributed by atoms with E-state index in [1.165, 1.54) is 17.2 Å². The zero-order valence-corrected chi connectivity index (χ0v) is 11.7. The molecule has 0 fully saturated rings. The third kappa shape index (κ3) is 2.50. The topological polar surface area (TPSA) is 12.0 Å². The van der Waals surface area contributed by atoms with Crippen LogP contribution in [0.2, 0.25) is 0 Å². The molecular weight excluding hydrogens is 312 g/mol. The molecule has 0 aliphatic heterocycles. The lowest BCUT2D eigenvalue weighted by atomic mass is 10.1. The molecule has 0 bridgehead atoms. The maximum atomic E-state index is 13.7. The molecule has 1 aliphatic carbocycles. The van der Waals surface area contributed by atoms with Crippen molar-refractivity contribution in [3.8, 4) is 0 Å². The molecule has 1 N–H and O–H groups in total. The van der Waals surface area contributed by atoms with Gasteiger partial charge in [-0.25, -0.2) is 8.78 Å². The van der Waals surface area contributed by atoms with Crippen LogP contribution in [0.15, 0.2) is 40.9 Å². The van der Waals surface area contributed by atoms with Crippen LogP contribution in [0.3, 0.4) is 0 Å². The smallest absolute Gasteiger partial charge is 0.149 e. The zero-order chi connectivity index (χ0) is 13.4. The quantitative estimate of drug-likeness (QED) is 0.812. The first-order valence-electron chi connectivity index (χ1n) is 6.11. The fraction of sp³-hybridized carbons (Fsp3) is 0.200. The number of rotatable bonds is 2. The lowest BCUT2D eigenvalue weighted by Crippen LogP contribution is -2.20. The minimum atomic E-state index is -0.585. The van der Waals surface area contributed by atoms with E-state index in [1.807, 2.05) is 12.1 Å². The van der Waals surface area contributed by atoms with Crippen molar-refractivity contribution in [3.63, 3.8) is 0 Å². The van der Waals surface area contributed by atoms with Gasteiger partial charge in [0.2, 0.25) is 0 Å². The summed E-state index contributed by atoms with van der Waals surface area (Å²) in [5.41, 5.74) is 2.93. The summed E-state index contributed by atoms with van der Waals surface area (Å²) >= 11 is 3.08. The molecule has 4 heteroatoms. The molecule has 0 saturated carbocycles. The largest absolute Gasteiger partial charge is 0.379 e. The molecule has 0 unspecified atom stereocenters. The maximum absolute atomic E-state index is 13.7. The van der Waals surface area contributed by atoms with Crippen molar-refractivity contribution < 1.29 is 8.78 Å². The Hall–Kier alpha value is -1.42. The van der Waals surface area contributed by atoms with Crippen molar-refractivity contribution in [3.05, 3.63) is 63.6 Å². The first-order chi connectivity index (χ1) is 9.13. The number of halogens is 3. The fourth-order valence-corrected chi connectivity index (χ4v) is 2.86. The summed E-state index contributed by atoms with van der Waals surface area (Å²) in [5.74, 6) is -1.14. The van der Waals surface area contributed by atoms with E-state index < -0.39 is 11.6 Å². The minimum absolute atomic E-state index is 0.157. The highest BCUT2D eigenvalue weighted by Crippen LogP contribution is 2.28. The fourth-order valence-electron chi connectivity index (χ4n) is 2.51. The summed E-state index contributed by atoms with van der Waals surface area (Å²) in [6.07, 6.45) is 1.73. The molecule has 2 aromatic carbocycles. The highest BCUT2D eigenvalue weighted by Gasteiger charge is 2.22. The van der Waals surface area contributed by atoms with E-state index in [0.717, 1.165) is 18.9 Å². The van der Waals surface area contributed by atoms with Gasteiger partial charge in [-0.1, -0.05) is 24.3 Å². The molecule has 19 heavy (non-hydrogen) atoms. The Kier molecular flexibility index (Phi) is 3.27. The number of fused-ring (bicyclic) bond motifs is 1. The normalized spacial score (nSPS) is 14.5. The van der Waals surface area contributed by atoms with Crippen molar-refractivity contribution >= 4 is 21.6 Å². The lowest BCUT2D eigenvalue weighted by molar-refractivity contribution is 0.578. The highest BCUT2D eigenvalue weighted by atomic mass is 79.9. The Labute approximate surface area is 118 Å². The monoisotopic (exact) mass is 323 g/mol. The van der Waals surface area contributed by atoms with E-state index in [-0.39, 0.29) is 10.5 Å². The standard InChI is InChI=1S/C15H12BrF2N/c16-12-7-15(14(18)8-13(12)17)19-11-5-9-3-1-2-4-10(9)6-11/h1-4,7-8,11,19H,5-6H2. The molecule has 2 aromatic rings. The van der Waals surface area contributed by atoms with Crippen molar-refractivity contribution in [1.82, 2.24) is 0 Å². The van der Waals surface area contributed by atoms with Crippen LogP contribution in [-0.4, -0.2) is 6.04 Å². The van der Waals surface area contributed by atoms with Gasteiger partial charge in [0.1, 0.15) is 11.6 Å². The Balaban J connectivity index is 1.79. The average Bonchev–Trinajstić information content (AvgIpc) is 2.78. The predicted molar refractivity (Wildman–Crippen MR) is 75.3 cm³/mol. The highest BCUT2D eigenvalue weighted by molar-refractivity contribution is 9.10. The second-order valence-corrected chi connectivity index (χ2v) is 5.62. The molecule has 98 valence electrons. The van der Waals surface area contributed by atoms with Gasteiger partial charge in [-0.05, 0) is 46.0 Å². The molecule has 1 aliphatic rings. The van der Waals surface area contributed by atoms with Crippen LogP contribution in [0, 0.1) is 11.6 Å². The van der Waals surface area contributed by atoms with Gasteiger partial charge in [-0.3, -0.25) is 0 Å². The van der Waals surface area contributed by atoms with Crippen molar-refractivity contribution in [2.75, 3.05) is 5.32 Å². The number of hydrogen-bond donors (Lipinski definition) is 1. The van der Waals surface area contributed by atoms with Crippen LogP contribution >= 0.6 is 15.9 Å². The Morgan fingerprint density at radius 1 is 1.00 bits per heavy atom. The first kappa shape index (κ1) is 12.6. The van der Waals surface area contributed by atoms with Gasteiger partial charge in [-0.2, -0.15) is 0 Å². The molecule has 0 radical (unpaired) electrons. The lowest BCUT2D eigenvalue weighted by Gasteiger charge is -2.14. The Bertz CT molecular complexity index is 603. The van der Waals surface area contributed by atoms with Crippen molar-refractivity contribution in [2.24, 2.45) is 0 Å². The average molecular weight is 324 g/mol. The molecular formula is C15H12BrF2N. The zero-order valence-electron chi connectivity index (χ0n) is 10.1. The maximum Gasteiger partial charge on any atom is 0.149 e. The predicted octanol–water partition coefficient (Wildman–Crippen LogP) is 4.31. The molecule has 0 amide bonds. The van der Waals surface area contributed by atoms with Gasteiger partial charge in [0, 0.05) is 12.1 Å². The SMILES string of the molecule is Fc1cc(F)c(NC2Cc3ccccc3C2)cc1Br. The van der Waals surface area contributed by atoms with Gasteiger partial charge >= 0.3 is 0 Å². The molecule has 0 spiro atoms. The Morgan fingerprint density at radius 2 is 1.63 bits per heavy atom. The summed E-state index contributed by atoms with van der Waals surface area (Å²) in [5, 5.41) is 3.15. The van der Waals surface area contributed by atoms with Crippen LogP contribution in [0.5, 0.6) is 0 Å². The van der Waals surface area contributed by atoms with Gasteiger partial charge in [-0.15, -0.1) is 0 Å². The van der Waals surface area contributed by atoms with E-state index in [2.05, 4.69) is 33.4 Å². The molecule has 0 aromatic heterocycles. The van der Waals surface area contributed by atoms with Crippen LogP contribution in [0.4, 0.5) is 14.5 Å². The third-order valence-corrected chi connectivity index (χ3v) is 4.03. The summed E-state index contributed by atoms with van der Waals surface area (Å²) in [6, 6.07) is 10.7. The Morgan fingerprint density at radius 3 is 2.26 bits per heavy atom. The molecule has 1 nitrogen and oxygen atoms in total. The first-order valence-corrected chi connectivity index (χ1v) is 6.90. The van der Waals surface area contributed by atoms with Gasteiger partial charge < -0.3 is 5.32 Å². The van der Waals surface area contributed by atoms with Gasteiger partial charge in [0.05, 0.1) is 10.2 Å². The summed E-state index contributed by atoms with van der Waals surface area (Å²) < 4.78 is 27.1. The van der Waals surface area contributed by atoms with E-state index in [4.69, 9.17) is 0 Å². The van der Waals surface area contributed by atoms with Crippen LogP contribution in [0.1, 0.15) is 11.1 Å².